The van der Waals surface area contributed by atoms with Gasteiger partial charge in [0.05, 0.1) is 12.8 Å². The third-order valence-electron chi connectivity index (χ3n) is 7.02. The Morgan fingerprint density at radius 2 is 1.80 bits per heavy atom. The number of alkyl halides is 3. The van der Waals surface area contributed by atoms with Crippen LogP contribution in [0, 0.1) is 0 Å². The van der Waals surface area contributed by atoms with Gasteiger partial charge >= 0.3 is 11.2 Å². The third-order valence-corrected chi connectivity index (χ3v) is 7.73. The van der Waals surface area contributed by atoms with Crippen LogP contribution in [-0.2, 0) is 19.5 Å². The summed E-state index contributed by atoms with van der Waals surface area (Å²) < 4.78 is 46.3. The van der Waals surface area contributed by atoms with E-state index in [4.69, 9.17) is 10.5 Å². The smallest absolute Gasteiger partial charge is 0.446 e. The van der Waals surface area contributed by atoms with E-state index in [2.05, 4.69) is 20.3 Å². The van der Waals surface area contributed by atoms with E-state index in [1.165, 1.54) is 10.6 Å². The summed E-state index contributed by atoms with van der Waals surface area (Å²) in [6, 6.07) is 18.1. The number of nitrogens with two attached hydrogens (primary N) is 1. The van der Waals surface area contributed by atoms with Gasteiger partial charge in [0.25, 0.3) is 0 Å². The maximum absolute atomic E-state index is 13.2. The second-order valence-corrected chi connectivity index (χ2v) is 11.8. The van der Waals surface area contributed by atoms with Crippen LogP contribution in [0.1, 0.15) is 36.5 Å². The fourth-order valence-electron chi connectivity index (χ4n) is 4.88. The van der Waals surface area contributed by atoms with Crippen molar-refractivity contribution in [1.82, 2.24) is 24.8 Å². The van der Waals surface area contributed by atoms with Crippen molar-refractivity contribution in [2.24, 2.45) is 5.73 Å². The van der Waals surface area contributed by atoms with Crippen LogP contribution in [0.15, 0.2) is 82.7 Å². The highest BCUT2D eigenvalue weighted by Crippen LogP contribution is 2.39. The molecule has 0 saturated carbocycles. The molecule has 0 spiro atoms. The van der Waals surface area contributed by atoms with E-state index in [-0.39, 0.29) is 22.7 Å². The van der Waals surface area contributed by atoms with E-state index >= 15 is 0 Å². The maximum Gasteiger partial charge on any atom is 0.446 e. The van der Waals surface area contributed by atoms with Gasteiger partial charge in [-0.3, -0.25) is 4.57 Å². The first-order valence-electron chi connectivity index (χ1n) is 14.1. The zero-order valence-corrected chi connectivity index (χ0v) is 25.1. The number of halogens is 3. The molecule has 12 heteroatoms. The van der Waals surface area contributed by atoms with Gasteiger partial charge in [0.2, 0.25) is 5.88 Å². The summed E-state index contributed by atoms with van der Waals surface area (Å²) in [6.07, 6.45) is 5.59. The number of aryl methyl sites for hydroxylation is 1. The number of fused-ring (bicyclic) bond motifs is 1. The van der Waals surface area contributed by atoms with Crippen LogP contribution < -0.4 is 21.5 Å². The molecule has 0 aliphatic rings. The van der Waals surface area contributed by atoms with Crippen LogP contribution in [0.2, 0.25) is 0 Å². The minimum Gasteiger partial charge on any atom is -0.481 e. The lowest BCUT2D eigenvalue weighted by atomic mass is 10.0. The van der Waals surface area contributed by atoms with Gasteiger partial charge in [0, 0.05) is 53.6 Å². The highest BCUT2D eigenvalue weighted by atomic mass is 32.2. The average Bonchev–Trinajstić information content (AvgIpc) is 3.39. The number of pyridine rings is 1. The number of nitrogens with zero attached hydrogens (tertiary/aromatic N) is 3. The molecule has 5 rings (SSSR count). The first-order chi connectivity index (χ1) is 21.1. The summed E-state index contributed by atoms with van der Waals surface area (Å²) in [5.74, 6) is 0.565. The van der Waals surface area contributed by atoms with Crippen molar-refractivity contribution in [3.63, 3.8) is 0 Å². The highest BCUT2D eigenvalue weighted by molar-refractivity contribution is 8.00. The Morgan fingerprint density at radius 1 is 1.05 bits per heavy atom. The monoisotopic (exact) mass is 622 g/mol. The number of benzene rings is 2. The lowest BCUT2D eigenvalue weighted by molar-refractivity contribution is -0.0328. The molecule has 5 aromatic rings. The topological polar surface area (TPSA) is 111 Å². The molecular formula is C32H33F3N6O2S. The number of ether oxygens (including phenoxy) is 1. The molecule has 0 aliphatic carbocycles. The van der Waals surface area contributed by atoms with Gasteiger partial charge in [0.1, 0.15) is 5.65 Å². The van der Waals surface area contributed by atoms with Crippen LogP contribution in [0.5, 0.6) is 5.88 Å². The van der Waals surface area contributed by atoms with Gasteiger partial charge in [-0.1, -0.05) is 18.2 Å². The standard InChI is InChI=1S/C32H33F3N6O2S/c1-20(36)4-3-5-22-12-24(14-27(13-22)44-32(33,34)35)28-15-25-19-41(31(42)40-30(25)39-28)26-9-6-21(7-10-26)16-37-17-23-8-11-29(43-2)38-18-23/h6-15,18-20,37H,3-5,16-17,36H2,1-2H3,(H,39,40,42)/t20-/m0/s1. The third kappa shape index (κ3) is 8.28. The van der Waals surface area contributed by atoms with Crippen LogP contribution in [0.25, 0.3) is 28.0 Å². The molecule has 4 N–H and O–H groups in total. The summed E-state index contributed by atoms with van der Waals surface area (Å²) in [5.41, 5.74) is 6.01. The van der Waals surface area contributed by atoms with Crippen LogP contribution >= 0.6 is 11.8 Å². The Balaban J connectivity index is 1.34. The zero-order valence-electron chi connectivity index (χ0n) is 24.3. The van der Waals surface area contributed by atoms with Crippen LogP contribution in [-0.4, -0.2) is 38.2 Å². The Hall–Kier alpha value is -4.13. The van der Waals surface area contributed by atoms with Crippen molar-refractivity contribution in [3.05, 3.63) is 100 Å². The number of nitrogens with one attached hydrogen (secondary N) is 2. The quantitative estimate of drug-likeness (QED) is 0.139. The van der Waals surface area contributed by atoms with E-state index in [1.54, 1.807) is 31.6 Å². The normalized spacial score (nSPS) is 12.5. The molecule has 44 heavy (non-hydrogen) atoms. The predicted molar refractivity (Wildman–Crippen MR) is 167 cm³/mol. The molecule has 1 atom stereocenters. The van der Waals surface area contributed by atoms with E-state index in [0.717, 1.165) is 29.5 Å². The predicted octanol–water partition coefficient (Wildman–Crippen LogP) is 6.36. The Kier molecular flexibility index (Phi) is 9.72. The van der Waals surface area contributed by atoms with Crippen LogP contribution in [0.3, 0.4) is 0 Å². The van der Waals surface area contributed by atoms with E-state index < -0.39 is 11.2 Å². The van der Waals surface area contributed by atoms with Crippen molar-refractivity contribution in [1.29, 1.82) is 0 Å². The fourth-order valence-corrected chi connectivity index (χ4v) is 5.54. The molecule has 0 radical (unpaired) electrons. The van der Waals surface area contributed by atoms with Crippen molar-refractivity contribution in [2.45, 2.75) is 55.7 Å². The van der Waals surface area contributed by atoms with Crippen molar-refractivity contribution in [2.75, 3.05) is 7.11 Å². The molecule has 2 aromatic carbocycles. The minimum atomic E-state index is -4.41. The number of aromatic amines is 1. The molecule has 0 saturated heterocycles. The molecule has 0 bridgehead atoms. The second kappa shape index (κ2) is 13.7. The van der Waals surface area contributed by atoms with Gasteiger partial charge in [-0.2, -0.15) is 18.2 Å². The molecule has 0 amide bonds. The number of aromatic nitrogens is 4. The van der Waals surface area contributed by atoms with E-state index in [0.29, 0.717) is 53.4 Å². The molecule has 0 unspecified atom stereocenters. The zero-order chi connectivity index (χ0) is 31.3. The molecule has 8 nitrogen and oxygen atoms in total. The summed E-state index contributed by atoms with van der Waals surface area (Å²) in [5, 5.41) is 4.03. The summed E-state index contributed by atoms with van der Waals surface area (Å²) in [7, 11) is 1.58. The number of thioether (sulfide) groups is 1. The lowest BCUT2D eigenvalue weighted by Gasteiger charge is -2.11. The van der Waals surface area contributed by atoms with Gasteiger partial charge in [-0.25, -0.2) is 9.78 Å². The molecule has 3 heterocycles. The van der Waals surface area contributed by atoms with Gasteiger partial charge in [-0.15, -0.1) is 0 Å². The number of rotatable bonds is 12. The minimum absolute atomic E-state index is 0.0192. The number of H-pyrrole nitrogens is 1. The Bertz CT molecular complexity index is 1770. The maximum atomic E-state index is 13.2. The van der Waals surface area contributed by atoms with Crippen molar-refractivity contribution in [3.8, 4) is 22.8 Å². The van der Waals surface area contributed by atoms with Crippen molar-refractivity contribution < 1.29 is 17.9 Å². The first-order valence-corrected chi connectivity index (χ1v) is 14.9. The van der Waals surface area contributed by atoms with Gasteiger partial charge in [0.15, 0.2) is 0 Å². The Labute approximate surface area is 256 Å². The van der Waals surface area contributed by atoms with Gasteiger partial charge in [-0.05, 0) is 96.6 Å². The van der Waals surface area contributed by atoms with E-state index in [9.17, 15) is 18.0 Å². The van der Waals surface area contributed by atoms with Gasteiger partial charge < -0.3 is 20.8 Å². The summed E-state index contributed by atoms with van der Waals surface area (Å²) in [6.45, 7) is 3.17. The molecular weight excluding hydrogens is 589 g/mol. The average molecular weight is 623 g/mol. The largest absolute Gasteiger partial charge is 0.481 e. The summed E-state index contributed by atoms with van der Waals surface area (Å²) >= 11 is -0.142. The molecule has 230 valence electrons. The molecule has 0 fully saturated rings. The summed E-state index contributed by atoms with van der Waals surface area (Å²) in [4.78, 5) is 24.6. The molecule has 0 aliphatic heterocycles. The number of hydrogen-bond donors (Lipinski definition) is 3. The Morgan fingerprint density at radius 3 is 2.48 bits per heavy atom. The van der Waals surface area contributed by atoms with Crippen molar-refractivity contribution >= 4 is 22.8 Å². The lowest BCUT2D eigenvalue weighted by Crippen LogP contribution is -2.20. The number of methoxy groups -OCH3 is 1. The second-order valence-electron chi connectivity index (χ2n) is 10.6. The molecule has 3 aromatic heterocycles. The van der Waals surface area contributed by atoms with Crippen LogP contribution in [0.4, 0.5) is 13.2 Å². The highest BCUT2D eigenvalue weighted by Gasteiger charge is 2.29. The van der Waals surface area contributed by atoms with E-state index in [1.807, 2.05) is 49.4 Å². The first kappa shape index (κ1) is 31.3. The number of hydrogen-bond acceptors (Lipinski definition) is 7. The fraction of sp³-hybridized carbons (Fsp3) is 0.281. The SMILES string of the molecule is COc1ccc(CNCc2ccc(-n3cc4cc(-c5cc(CCC[C@H](C)N)cc(SC(F)(F)F)c5)[nH]c4nc3=O)cc2)cn1.